The molecule has 1 aliphatic rings. The highest BCUT2D eigenvalue weighted by atomic mass is 35.5. The van der Waals surface area contributed by atoms with Crippen LogP contribution in [0.5, 0.6) is 0 Å². The maximum atomic E-state index is 11.9. The molecule has 1 fully saturated rings. The Bertz CT molecular complexity index is 405. The zero-order valence-corrected chi connectivity index (χ0v) is 11.7. The van der Waals surface area contributed by atoms with Gasteiger partial charge in [-0.15, -0.1) is 11.6 Å². The molecule has 1 saturated carbocycles. The molecule has 98 valence electrons. The van der Waals surface area contributed by atoms with Crippen molar-refractivity contribution in [3.05, 3.63) is 34.9 Å². The van der Waals surface area contributed by atoms with Gasteiger partial charge in [0, 0.05) is 16.9 Å². The number of alkyl halides is 1. The molecule has 2 rings (SSSR count). The van der Waals surface area contributed by atoms with Crippen molar-refractivity contribution in [2.45, 2.75) is 31.7 Å². The largest absolute Gasteiger partial charge is 0.353 e. The Labute approximate surface area is 118 Å². The minimum Gasteiger partial charge on any atom is -0.353 e. The Morgan fingerprint density at radius 1 is 1.28 bits per heavy atom. The van der Waals surface area contributed by atoms with Crippen LogP contribution < -0.4 is 5.32 Å². The van der Waals surface area contributed by atoms with Gasteiger partial charge in [-0.1, -0.05) is 30.2 Å². The molecule has 2 nitrogen and oxygen atoms in total. The molecule has 0 spiro atoms. The topological polar surface area (TPSA) is 29.1 Å². The molecule has 1 aromatic rings. The van der Waals surface area contributed by atoms with Gasteiger partial charge in [-0.05, 0) is 36.5 Å². The summed E-state index contributed by atoms with van der Waals surface area (Å²) in [6, 6.07) is 7.63. The molecule has 1 N–H and O–H groups in total. The standard InChI is InChI=1S/C14H17Cl2NO/c15-9-11-2-1-3-13(11)17-14(18)8-10-4-6-12(16)7-5-10/h4-7,11,13H,1-3,8-9H2,(H,17,18). The van der Waals surface area contributed by atoms with E-state index < -0.39 is 0 Å². The first kappa shape index (κ1) is 13.7. The Morgan fingerprint density at radius 3 is 2.67 bits per heavy atom. The molecule has 0 aromatic heterocycles. The van der Waals surface area contributed by atoms with E-state index in [-0.39, 0.29) is 11.9 Å². The predicted molar refractivity (Wildman–Crippen MR) is 75.1 cm³/mol. The lowest BCUT2D eigenvalue weighted by Crippen LogP contribution is -2.38. The SMILES string of the molecule is O=C(Cc1ccc(Cl)cc1)NC1CCCC1CCl. The Morgan fingerprint density at radius 2 is 2.00 bits per heavy atom. The summed E-state index contributed by atoms with van der Waals surface area (Å²) in [4.78, 5) is 11.9. The highest BCUT2D eigenvalue weighted by Crippen LogP contribution is 2.26. The molecule has 0 saturated heterocycles. The quantitative estimate of drug-likeness (QED) is 0.844. The second-order valence-electron chi connectivity index (χ2n) is 4.82. The van der Waals surface area contributed by atoms with Crippen molar-refractivity contribution < 1.29 is 4.79 Å². The van der Waals surface area contributed by atoms with E-state index in [0.29, 0.717) is 23.2 Å². The van der Waals surface area contributed by atoms with E-state index in [2.05, 4.69) is 5.32 Å². The van der Waals surface area contributed by atoms with Crippen LogP contribution in [0.2, 0.25) is 5.02 Å². The summed E-state index contributed by atoms with van der Waals surface area (Å²) >= 11 is 11.7. The molecule has 0 aliphatic heterocycles. The van der Waals surface area contributed by atoms with Gasteiger partial charge in [0.15, 0.2) is 0 Å². The first-order chi connectivity index (χ1) is 8.69. The van der Waals surface area contributed by atoms with Crippen molar-refractivity contribution >= 4 is 29.1 Å². The van der Waals surface area contributed by atoms with Crippen LogP contribution in [-0.2, 0) is 11.2 Å². The van der Waals surface area contributed by atoms with Crippen LogP contribution in [0.3, 0.4) is 0 Å². The highest BCUT2D eigenvalue weighted by molar-refractivity contribution is 6.30. The summed E-state index contributed by atoms with van der Waals surface area (Å²) in [7, 11) is 0. The lowest BCUT2D eigenvalue weighted by Gasteiger charge is -2.18. The third kappa shape index (κ3) is 3.63. The van der Waals surface area contributed by atoms with Crippen molar-refractivity contribution in [1.82, 2.24) is 5.32 Å². The number of amides is 1. The van der Waals surface area contributed by atoms with Gasteiger partial charge in [-0.3, -0.25) is 4.79 Å². The van der Waals surface area contributed by atoms with Crippen LogP contribution in [0.1, 0.15) is 24.8 Å². The molecular formula is C14H17Cl2NO. The first-order valence-electron chi connectivity index (χ1n) is 6.29. The van der Waals surface area contributed by atoms with E-state index >= 15 is 0 Å². The Hall–Kier alpha value is -0.730. The highest BCUT2D eigenvalue weighted by Gasteiger charge is 2.27. The van der Waals surface area contributed by atoms with Crippen LogP contribution >= 0.6 is 23.2 Å². The fraction of sp³-hybridized carbons (Fsp3) is 0.500. The molecule has 0 bridgehead atoms. The van der Waals surface area contributed by atoms with Crippen molar-refractivity contribution in [3.8, 4) is 0 Å². The van der Waals surface area contributed by atoms with E-state index in [1.54, 1.807) is 12.1 Å². The average molecular weight is 286 g/mol. The fourth-order valence-corrected chi connectivity index (χ4v) is 2.95. The summed E-state index contributed by atoms with van der Waals surface area (Å²) in [5.74, 6) is 1.13. The van der Waals surface area contributed by atoms with Gasteiger partial charge in [0.2, 0.25) is 5.91 Å². The van der Waals surface area contributed by atoms with Crippen LogP contribution in [0.25, 0.3) is 0 Å². The van der Waals surface area contributed by atoms with Crippen LogP contribution in [0.4, 0.5) is 0 Å². The zero-order valence-electron chi connectivity index (χ0n) is 10.2. The zero-order chi connectivity index (χ0) is 13.0. The smallest absolute Gasteiger partial charge is 0.224 e. The average Bonchev–Trinajstić information content (AvgIpc) is 2.79. The van der Waals surface area contributed by atoms with Crippen LogP contribution in [0, 0.1) is 5.92 Å². The molecule has 1 aromatic carbocycles. The van der Waals surface area contributed by atoms with Gasteiger partial charge in [-0.2, -0.15) is 0 Å². The number of benzene rings is 1. The number of carbonyl (C=O) groups is 1. The van der Waals surface area contributed by atoms with Gasteiger partial charge in [0.25, 0.3) is 0 Å². The molecule has 1 amide bonds. The second kappa shape index (κ2) is 6.44. The molecule has 1 aliphatic carbocycles. The van der Waals surface area contributed by atoms with E-state index in [1.807, 2.05) is 12.1 Å². The van der Waals surface area contributed by atoms with Crippen molar-refractivity contribution in [3.63, 3.8) is 0 Å². The number of hydrogen-bond donors (Lipinski definition) is 1. The fourth-order valence-electron chi connectivity index (χ4n) is 2.46. The number of carbonyl (C=O) groups excluding carboxylic acids is 1. The minimum absolute atomic E-state index is 0.0688. The Kier molecular flexibility index (Phi) is 4.90. The number of nitrogens with one attached hydrogen (secondary N) is 1. The van der Waals surface area contributed by atoms with Crippen molar-refractivity contribution in [2.75, 3.05) is 5.88 Å². The van der Waals surface area contributed by atoms with Gasteiger partial charge >= 0.3 is 0 Å². The van der Waals surface area contributed by atoms with Gasteiger partial charge < -0.3 is 5.32 Å². The Balaban J connectivity index is 1.86. The van der Waals surface area contributed by atoms with Gasteiger partial charge in [0.1, 0.15) is 0 Å². The van der Waals surface area contributed by atoms with Gasteiger partial charge in [0.05, 0.1) is 6.42 Å². The number of rotatable bonds is 4. The predicted octanol–water partition coefficient (Wildman–Crippen LogP) is 3.41. The monoisotopic (exact) mass is 285 g/mol. The molecular weight excluding hydrogens is 269 g/mol. The third-order valence-electron chi connectivity index (χ3n) is 3.48. The summed E-state index contributed by atoms with van der Waals surface area (Å²) in [6.07, 6.45) is 3.73. The van der Waals surface area contributed by atoms with E-state index in [0.717, 1.165) is 24.8 Å². The minimum atomic E-state index is 0.0688. The molecule has 18 heavy (non-hydrogen) atoms. The lowest BCUT2D eigenvalue weighted by molar-refractivity contribution is -0.121. The van der Waals surface area contributed by atoms with Crippen LogP contribution in [-0.4, -0.2) is 17.8 Å². The van der Waals surface area contributed by atoms with Crippen LogP contribution in [0.15, 0.2) is 24.3 Å². The van der Waals surface area contributed by atoms with Crippen molar-refractivity contribution in [1.29, 1.82) is 0 Å². The summed E-state index contributed by atoms with van der Waals surface area (Å²) < 4.78 is 0. The lowest BCUT2D eigenvalue weighted by atomic mass is 10.1. The van der Waals surface area contributed by atoms with E-state index in [4.69, 9.17) is 23.2 Å². The normalized spacial score (nSPS) is 23.0. The number of hydrogen-bond acceptors (Lipinski definition) is 1. The number of halogens is 2. The van der Waals surface area contributed by atoms with E-state index in [1.165, 1.54) is 0 Å². The molecule has 2 atom stereocenters. The maximum absolute atomic E-state index is 11.9. The molecule has 0 radical (unpaired) electrons. The maximum Gasteiger partial charge on any atom is 0.224 e. The molecule has 2 unspecified atom stereocenters. The summed E-state index contributed by atoms with van der Waals surface area (Å²) in [5.41, 5.74) is 0.984. The van der Waals surface area contributed by atoms with Gasteiger partial charge in [-0.25, -0.2) is 0 Å². The van der Waals surface area contributed by atoms with E-state index in [9.17, 15) is 4.79 Å². The summed E-state index contributed by atoms with van der Waals surface area (Å²) in [5, 5.41) is 3.78. The first-order valence-corrected chi connectivity index (χ1v) is 7.20. The second-order valence-corrected chi connectivity index (χ2v) is 5.57. The summed E-state index contributed by atoms with van der Waals surface area (Å²) in [6.45, 7) is 0. The molecule has 0 heterocycles. The third-order valence-corrected chi connectivity index (χ3v) is 4.13. The molecule has 4 heteroatoms. The van der Waals surface area contributed by atoms with Crippen molar-refractivity contribution in [2.24, 2.45) is 5.92 Å².